The van der Waals surface area contributed by atoms with E-state index in [0.29, 0.717) is 5.56 Å². The summed E-state index contributed by atoms with van der Waals surface area (Å²) in [5, 5.41) is 13.2. The Kier molecular flexibility index (Phi) is 4.86. The number of rotatable bonds is 5. The number of amides is 2. The SMILES string of the molecule is O=C(NCCC(=O)N1CCCC1)c1ccc([N+](=O)[O-])cc1. The molecular weight excluding hydrogens is 274 g/mol. The molecule has 2 rings (SSSR count). The Hall–Kier alpha value is -2.44. The molecule has 1 aromatic rings. The molecule has 1 fully saturated rings. The number of likely N-dealkylation sites (tertiary alicyclic amines) is 1. The molecule has 0 radical (unpaired) electrons. The van der Waals surface area contributed by atoms with Gasteiger partial charge in [0.25, 0.3) is 11.6 Å². The summed E-state index contributed by atoms with van der Waals surface area (Å²) in [7, 11) is 0. The monoisotopic (exact) mass is 291 g/mol. The lowest BCUT2D eigenvalue weighted by Crippen LogP contribution is -2.32. The van der Waals surface area contributed by atoms with Gasteiger partial charge in [-0.2, -0.15) is 0 Å². The predicted molar refractivity (Wildman–Crippen MR) is 75.9 cm³/mol. The Balaban J connectivity index is 1.78. The molecule has 0 aliphatic carbocycles. The van der Waals surface area contributed by atoms with Crippen molar-refractivity contribution < 1.29 is 14.5 Å². The van der Waals surface area contributed by atoms with E-state index in [4.69, 9.17) is 0 Å². The zero-order valence-corrected chi connectivity index (χ0v) is 11.6. The number of nitrogens with zero attached hydrogens (tertiary/aromatic N) is 2. The van der Waals surface area contributed by atoms with Crippen LogP contribution in [-0.2, 0) is 4.79 Å². The van der Waals surface area contributed by atoms with Crippen molar-refractivity contribution in [2.75, 3.05) is 19.6 Å². The summed E-state index contributed by atoms with van der Waals surface area (Å²) in [5.41, 5.74) is 0.282. The Morgan fingerprint density at radius 1 is 1.19 bits per heavy atom. The van der Waals surface area contributed by atoms with Gasteiger partial charge >= 0.3 is 0 Å². The summed E-state index contributed by atoms with van der Waals surface area (Å²) in [6.45, 7) is 1.87. The van der Waals surface area contributed by atoms with Crippen LogP contribution in [0.3, 0.4) is 0 Å². The molecule has 1 N–H and O–H groups in total. The molecule has 0 saturated carbocycles. The molecule has 0 aromatic heterocycles. The van der Waals surface area contributed by atoms with Gasteiger partial charge in [-0.15, -0.1) is 0 Å². The van der Waals surface area contributed by atoms with Crippen LogP contribution >= 0.6 is 0 Å². The highest BCUT2D eigenvalue weighted by Gasteiger charge is 2.17. The normalized spacial score (nSPS) is 14.0. The fourth-order valence-electron chi connectivity index (χ4n) is 2.24. The first-order valence-corrected chi connectivity index (χ1v) is 6.88. The van der Waals surface area contributed by atoms with Crippen molar-refractivity contribution in [1.82, 2.24) is 10.2 Å². The van der Waals surface area contributed by atoms with Gasteiger partial charge in [-0.05, 0) is 25.0 Å². The molecule has 0 atom stereocenters. The van der Waals surface area contributed by atoms with Crippen LogP contribution < -0.4 is 5.32 Å². The summed E-state index contributed by atoms with van der Waals surface area (Å²) >= 11 is 0. The Bertz CT molecular complexity index is 536. The first kappa shape index (κ1) is 15.0. The third-order valence-corrected chi connectivity index (χ3v) is 3.42. The van der Waals surface area contributed by atoms with E-state index in [1.54, 1.807) is 4.90 Å². The van der Waals surface area contributed by atoms with Crippen LogP contribution in [-0.4, -0.2) is 41.3 Å². The second kappa shape index (κ2) is 6.83. The number of carbonyl (C=O) groups is 2. The number of nitrogens with one attached hydrogen (secondary N) is 1. The topological polar surface area (TPSA) is 92.6 Å². The zero-order chi connectivity index (χ0) is 15.2. The molecular formula is C14H17N3O4. The lowest BCUT2D eigenvalue weighted by atomic mass is 10.2. The molecule has 7 heteroatoms. The quantitative estimate of drug-likeness (QED) is 0.654. The lowest BCUT2D eigenvalue weighted by Gasteiger charge is -2.15. The first-order chi connectivity index (χ1) is 10.1. The molecule has 0 spiro atoms. The van der Waals surface area contributed by atoms with Gasteiger partial charge in [-0.3, -0.25) is 19.7 Å². The van der Waals surface area contributed by atoms with E-state index in [1.807, 2.05) is 0 Å². The van der Waals surface area contributed by atoms with E-state index in [-0.39, 0.29) is 30.5 Å². The van der Waals surface area contributed by atoms with Gasteiger partial charge in [0.2, 0.25) is 5.91 Å². The number of benzene rings is 1. The second-order valence-electron chi connectivity index (χ2n) is 4.90. The number of nitro groups is 1. The van der Waals surface area contributed by atoms with Crippen molar-refractivity contribution in [1.29, 1.82) is 0 Å². The zero-order valence-electron chi connectivity index (χ0n) is 11.6. The van der Waals surface area contributed by atoms with Crippen LogP contribution in [0.5, 0.6) is 0 Å². The van der Waals surface area contributed by atoms with Crippen LogP contribution in [0.4, 0.5) is 5.69 Å². The Labute approximate surface area is 122 Å². The summed E-state index contributed by atoms with van der Waals surface area (Å²) in [6, 6.07) is 5.36. The first-order valence-electron chi connectivity index (χ1n) is 6.88. The number of hydrogen-bond acceptors (Lipinski definition) is 4. The fourth-order valence-corrected chi connectivity index (χ4v) is 2.24. The van der Waals surface area contributed by atoms with Gasteiger partial charge in [-0.25, -0.2) is 0 Å². The Morgan fingerprint density at radius 2 is 1.81 bits per heavy atom. The molecule has 1 saturated heterocycles. The van der Waals surface area contributed by atoms with Crippen LogP contribution in [0, 0.1) is 10.1 Å². The number of nitro benzene ring substituents is 1. The predicted octanol–water partition coefficient (Wildman–Crippen LogP) is 1.34. The third-order valence-electron chi connectivity index (χ3n) is 3.42. The van der Waals surface area contributed by atoms with Crippen LogP contribution in [0.15, 0.2) is 24.3 Å². The van der Waals surface area contributed by atoms with E-state index in [9.17, 15) is 19.7 Å². The van der Waals surface area contributed by atoms with E-state index in [0.717, 1.165) is 25.9 Å². The highest BCUT2D eigenvalue weighted by atomic mass is 16.6. The molecule has 7 nitrogen and oxygen atoms in total. The van der Waals surface area contributed by atoms with E-state index < -0.39 is 4.92 Å². The average Bonchev–Trinajstić information content (AvgIpc) is 3.01. The maximum Gasteiger partial charge on any atom is 0.269 e. The van der Waals surface area contributed by atoms with Crippen LogP contribution in [0.2, 0.25) is 0 Å². The van der Waals surface area contributed by atoms with Gasteiger partial charge in [0, 0.05) is 43.8 Å². The van der Waals surface area contributed by atoms with Gasteiger partial charge in [0.05, 0.1) is 4.92 Å². The minimum absolute atomic E-state index is 0.0523. The highest BCUT2D eigenvalue weighted by molar-refractivity contribution is 5.94. The average molecular weight is 291 g/mol. The number of hydrogen-bond donors (Lipinski definition) is 1. The largest absolute Gasteiger partial charge is 0.352 e. The third kappa shape index (κ3) is 4.01. The van der Waals surface area contributed by atoms with E-state index in [1.165, 1.54) is 24.3 Å². The molecule has 1 aromatic carbocycles. The van der Waals surface area contributed by atoms with E-state index >= 15 is 0 Å². The van der Waals surface area contributed by atoms with Crippen LogP contribution in [0.25, 0.3) is 0 Å². The molecule has 1 aliphatic heterocycles. The van der Waals surface area contributed by atoms with Crippen molar-refractivity contribution in [3.63, 3.8) is 0 Å². The van der Waals surface area contributed by atoms with Crippen molar-refractivity contribution in [2.24, 2.45) is 0 Å². The van der Waals surface area contributed by atoms with Crippen molar-refractivity contribution in [3.8, 4) is 0 Å². The standard InChI is InChI=1S/C14H17N3O4/c18-13(16-9-1-2-10-16)7-8-15-14(19)11-3-5-12(6-4-11)17(20)21/h3-6H,1-2,7-10H2,(H,15,19). The maximum atomic E-state index is 11.8. The molecule has 2 amide bonds. The molecule has 112 valence electrons. The number of carbonyl (C=O) groups excluding carboxylic acids is 2. The van der Waals surface area contributed by atoms with Gasteiger partial charge in [0.15, 0.2) is 0 Å². The molecule has 0 unspecified atom stereocenters. The van der Waals surface area contributed by atoms with Crippen molar-refractivity contribution >= 4 is 17.5 Å². The minimum atomic E-state index is -0.517. The van der Waals surface area contributed by atoms with Crippen molar-refractivity contribution in [3.05, 3.63) is 39.9 Å². The summed E-state index contributed by atoms with van der Waals surface area (Å²) < 4.78 is 0. The number of non-ortho nitro benzene ring substituents is 1. The maximum absolute atomic E-state index is 11.8. The minimum Gasteiger partial charge on any atom is -0.352 e. The summed E-state index contributed by atoms with van der Waals surface area (Å²) in [4.78, 5) is 35.4. The summed E-state index contributed by atoms with van der Waals surface area (Å²) in [6.07, 6.45) is 2.36. The molecule has 1 heterocycles. The van der Waals surface area contributed by atoms with Gasteiger partial charge in [0.1, 0.15) is 0 Å². The lowest BCUT2D eigenvalue weighted by molar-refractivity contribution is -0.384. The molecule has 1 aliphatic rings. The summed E-state index contributed by atoms with van der Waals surface area (Å²) in [5.74, 6) is -0.282. The highest BCUT2D eigenvalue weighted by Crippen LogP contribution is 2.12. The van der Waals surface area contributed by atoms with Crippen LogP contribution in [0.1, 0.15) is 29.6 Å². The van der Waals surface area contributed by atoms with Gasteiger partial charge < -0.3 is 10.2 Å². The Morgan fingerprint density at radius 3 is 2.38 bits per heavy atom. The van der Waals surface area contributed by atoms with Crippen molar-refractivity contribution in [2.45, 2.75) is 19.3 Å². The fraction of sp³-hybridized carbons (Fsp3) is 0.429. The van der Waals surface area contributed by atoms with E-state index in [2.05, 4.69) is 5.32 Å². The smallest absolute Gasteiger partial charge is 0.269 e. The van der Waals surface area contributed by atoms with Gasteiger partial charge in [-0.1, -0.05) is 0 Å². The second-order valence-corrected chi connectivity index (χ2v) is 4.90. The molecule has 0 bridgehead atoms. The molecule has 21 heavy (non-hydrogen) atoms.